The zero-order valence-electron chi connectivity index (χ0n) is 19.5. The van der Waals surface area contributed by atoms with Crippen molar-refractivity contribution in [3.8, 4) is 11.1 Å². The van der Waals surface area contributed by atoms with Gasteiger partial charge in [0, 0.05) is 24.9 Å². The first-order valence-corrected chi connectivity index (χ1v) is 12.0. The summed E-state index contributed by atoms with van der Waals surface area (Å²) in [5.41, 5.74) is 4.64. The fraction of sp³-hybridized carbons (Fsp3) is 0.444. The Bertz CT molecular complexity index is 1000. The van der Waals surface area contributed by atoms with Gasteiger partial charge < -0.3 is 20.5 Å². The molecule has 2 aromatic rings. The van der Waals surface area contributed by atoms with E-state index in [9.17, 15) is 14.4 Å². The lowest BCUT2D eigenvalue weighted by molar-refractivity contribution is -0.141. The Morgan fingerprint density at radius 3 is 2.18 bits per heavy atom. The standard InChI is InChI=1S/C27H32N2O5/c1-17(26(31)32)15-28-25(30)14-24(18-8-2-3-9-18)29-27(33)34-16-23-21-12-6-4-10-19(21)20-11-5-7-13-22(20)23/h4-7,10-13,17-18,23-24H,2-3,8-9,14-16H2,1H3,(H,28,30)(H,29,33)(H,31,32). The number of carboxylic acids is 1. The fourth-order valence-corrected chi connectivity index (χ4v) is 5.11. The Balaban J connectivity index is 1.37. The first-order valence-electron chi connectivity index (χ1n) is 12.0. The normalized spacial score (nSPS) is 16.9. The SMILES string of the molecule is CC(CNC(=O)CC(NC(=O)OCC1c2ccccc2-c2ccccc21)C1CCCC1)C(=O)O. The molecule has 7 heteroatoms. The summed E-state index contributed by atoms with van der Waals surface area (Å²) in [6.45, 7) is 1.84. The van der Waals surface area contributed by atoms with Crippen LogP contribution in [0.1, 0.15) is 56.1 Å². The summed E-state index contributed by atoms with van der Waals surface area (Å²) in [7, 11) is 0. The summed E-state index contributed by atoms with van der Waals surface area (Å²) in [5, 5.41) is 14.6. The summed E-state index contributed by atoms with van der Waals surface area (Å²) in [4.78, 5) is 36.2. The molecule has 1 saturated carbocycles. The van der Waals surface area contributed by atoms with E-state index in [0.29, 0.717) is 0 Å². The minimum Gasteiger partial charge on any atom is -0.481 e. The van der Waals surface area contributed by atoms with Crippen LogP contribution in [0.3, 0.4) is 0 Å². The van der Waals surface area contributed by atoms with Gasteiger partial charge in [0.05, 0.1) is 5.92 Å². The molecule has 2 aliphatic rings. The summed E-state index contributed by atoms with van der Waals surface area (Å²) in [5.74, 6) is -1.69. The number of nitrogens with one attached hydrogen (secondary N) is 2. The van der Waals surface area contributed by atoms with Crippen LogP contribution < -0.4 is 10.6 Å². The van der Waals surface area contributed by atoms with Crippen LogP contribution in [0.25, 0.3) is 11.1 Å². The van der Waals surface area contributed by atoms with E-state index in [1.807, 2.05) is 24.3 Å². The van der Waals surface area contributed by atoms with Crippen molar-refractivity contribution in [3.63, 3.8) is 0 Å². The smallest absolute Gasteiger partial charge is 0.407 e. The third-order valence-corrected chi connectivity index (χ3v) is 7.05. The van der Waals surface area contributed by atoms with E-state index in [4.69, 9.17) is 9.84 Å². The summed E-state index contributed by atoms with van der Waals surface area (Å²) >= 11 is 0. The molecule has 0 heterocycles. The Morgan fingerprint density at radius 1 is 1.00 bits per heavy atom. The van der Waals surface area contributed by atoms with Crippen molar-refractivity contribution in [2.45, 2.75) is 51.0 Å². The average Bonchev–Trinajstić information content (AvgIpc) is 3.48. The maximum Gasteiger partial charge on any atom is 0.407 e. The number of benzene rings is 2. The molecule has 2 aliphatic carbocycles. The zero-order valence-corrected chi connectivity index (χ0v) is 19.5. The molecule has 0 aliphatic heterocycles. The molecule has 0 radical (unpaired) electrons. The Hall–Kier alpha value is -3.35. The highest BCUT2D eigenvalue weighted by Crippen LogP contribution is 2.44. The van der Waals surface area contributed by atoms with Crippen LogP contribution in [-0.4, -0.2) is 42.3 Å². The summed E-state index contributed by atoms with van der Waals surface area (Å²) in [6.07, 6.45) is 3.64. The third-order valence-electron chi connectivity index (χ3n) is 7.05. The second-order valence-corrected chi connectivity index (χ2v) is 9.37. The van der Waals surface area contributed by atoms with Gasteiger partial charge in [-0.3, -0.25) is 9.59 Å². The number of hydrogen-bond donors (Lipinski definition) is 3. The van der Waals surface area contributed by atoms with E-state index < -0.39 is 18.0 Å². The predicted octanol–water partition coefficient (Wildman–Crippen LogP) is 4.31. The van der Waals surface area contributed by atoms with Crippen molar-refractivity contribution in [3.05, 3.63) is 59.7 Å². The molecule has 4 rings (SSSR count). The highest BCUT2D eigenvalue weighted by Gasteiger charge is 2.31. The van der Waals surface area contributed by atoms with E-state index in [0.717, 1.165) is 36.8 Å². The van der Waals surface area contributed by atoms with Crippen molar-refractivity contribution >= 4 is 18.0 Å². The molecular formula is C27H32N2O5. The second kappa shape index (κ2) is 10.7. The van der Waals surface area contributed by atoms with Gasteiger partial charge in [-0.2, -0.15) is 0 Å². The van der Waals surface area contributed by atoms with Crippen LogP contribution in [0.15, 0.2) is 48.5 Å². The van der Waals surface area contributed by atoms with Crippen LogP contribution >= 0.6 is 0 Å². The number of hydrogen-bond acceptors (Lipinski definition) is 4. The van der Waals surface area contributed by atoms with E-state index in [1.165, 1.54) is 11.1 Å². The van der Waals surface area contributed by atoms with E-state index in [-0.39, 0.29) is 43.4 Å². The summed E-state index contributed by atoms with van der Waals surface area (Å²) < 4.78 is 5.68. The molecule has 7 nitrogen and oxygen atoms in total. The molecule has 3 N–H and O–H groups in total. The Labute approximate surface area is 199 Å². The van der Waals surface area contributed by atoms with Gasteiger partial charge in [-0.05, 0) is 41.0 Å². The van der Waals surface area contributed by atoms with E-state index >= 15 is 0 Å². The number of alkyl carbamates (subject to hydrolysis) is 1. The molecule has 0 spiro atoms. The molecule has 1 fully saturated rings. The fourth-order valence-electron chi connectivity index (χ4n) is 5.11. The molecule has 0 bridgehead atoms. The highest BCUT2D eigenvalue weighted by atomic mass is 16.5. The first kappa shape index (κ1) is 23.8. The van der Waals surface area contributed by atoms with Gasteiger partial charge in [-0.1, -0.05) is 68.3 Å². The van der Waals surface area contributed by atoms with Crippen LogP contribution in [0.5, 0.6) is 0 Å². The lowest BCUT2D eigenvalue weighted by Crippen LogP contribution is -2.44. The largest absolute Gasteiger partial charge is 0.481 e. The van der Waals surface area contributed by atoms with Gasteiger partial charge in [0.1, 0.15) is 6.61 Å². The number of carboxylic acid groups (broad SMARTS) is 1. The maximum absolute atomic E-state index is 12.8. The topological polar surface area (TPSA) is 105 Å². The molecule has 180 valence electrons. The van der Waals surface area contributed by atoms with Gasteiger partial charge >= 0.3 is 12.1 Å². The monoisotopic (exact) mass is 464 g/mol. The van der Waals surface area contributed by atoms with Crippen molar-refractivity contribution in [1.29, 1.82) is 0 Å². The molecule has 0 saturated heterocycles. The zero-order chi connectivity index (χ0) is 24.1. The molecule has 2 unspecified atom stereocenters. The average molecular weight is 465 g/mol. The highest BCUT2D eigenvalue weighted by molar-refractivity contribution is 5.80. The van der Waals surface area contributed by atoms with E-state index in [2.05, 4.69) is 34.9 Å². The van der Waals surface area contributed by atoms with Crippen LogP contribution in [0, 0.1) is 11.8 Å². The van der Waals surface area contributed by atoms with Crippen molar-refractivity contribution in [2.75, 3.05) is 13.2 Å². The molecule has 34 heavy (non-hydrogen) atoms. The first-order chi connectivity index (χ1) is 16.4. The van der Waals surface area contributed by atoms with Gasteiger partial charge in [0.2, 0.25) is 5.91 Å². The van der Waals surface area contributed by atoms with Crippen molar-refractivity contribution in [2.24, 2.45) is 11.8 Å². The van der Waals surface area contributed by atoms with Gasteiger partial charge in [-0.25, -0.2) is 4.79 Å². The number of ether oxygens (including phenoxy) is 1. The molecule has 2 amide bonds. The third kappa shape index (κ3) is 5.41. The Kier molecular flexibility index (Phi) is 7.50. The Morgan fingerprint density at radius 2 is 1.59 bits per heavy atom. The number of aliphatic carboxylic acids is 1. The number of amides is 2. The molecule has 2 aromatic carbocycles. The molecule has 2 atom stereocenters. The summed E-state index contributed by atoms with van der Waals surface area (Å²) in [6, 6.07) is 16.0. The minimum absolute atomic E-state index is 0.0242. The maximum atomic E-state index is 12.8. The van der Waals surface area contributed by atoms with Crippen LogP contribution in [0.2, 0.25) is 0 Å². The van der Waals surface area contributed by atoms with Crippen molar-refractivity contribution in [1.82, 2.24) is 10.6 Å². The number of rotatable bonds is 9. The lowest BCUT2D eigenvalue weighted by atomic mass is 9.95. The molecule has 0 aromatic heterocycles. The quantitative estimate of drug-likeness (QED) is 0.513. The van der Waals surface area contributed by atoms with Crippen LogP contribution in [0.4, 0.5) is 4.79 Å². The van der Waals surface area contributed by atoms with E-state index in [1.54, 1.807) is 6.92 Å². The minimum atomic E-state index is -0.954. The van der Waals surface area contributed by atoms with Gasteiger partial charge in [-0.15, -0.1) is 0 Å². The lowest BCUT2D eigenvalue weighted by Gasteiger charge is -2.25. The number of fused-ring (bicyclic) bond motifs is 3. The van der Waals surface area contributed by atoms with Gasteiger partial charge in [0.25, 0.3) is 0 Å². The van der Waals surface area contributed by atoms with Crippen molar-refractivity contribution < 1.29 is 24.2 Å². The second-order valence-electron chi connectivity index (χ2n) is 9.37. The number of carbonyl (C=O) groups excluding carboxylic acids is 2. The number of carbonyl (C=O) groups is 3. The molecular weight excluding hydrogens is 432 g/mol. The van der Waals surface area contributed by atoms with Gasteiger partial charge in [0.15, 0.2) is 0 Å². The van der Waals surface area contributed by atoms with Crippen LogP contribution in [-0.2, 0) is 14.3 Å². The predicted molar refractivity (Wildman–Crippen MR) is 128 cm³/mol.